The van der Waals surface area contributed by atoms with Crippen LogP contribution in [0.2, 0.25) is 0 Å². The molecule has 0 heterocycles. The molecule has 0 aromatic carbocycles. The van der Waals surface area contributed by atoms with Crippen molar-refractivity contribution in [1.82, 2.24) is 5.32 Å². The van der Waals surface area contributed by atoms with Crippen molar-refractivity contribution in [2.24, 2.45) is 0 Å². The number of amides is 1. The summed E-state index contributed by atoms with van der Waals surface area (Å²) in [4.78, 5) is 40.0. The number of ether oxygens (including phenoxy) is 1. The molecule has 3 atom stereocenters. The third-order valence-corrected chi connectivity index (χ3v) is 15.7. The molecule has 0 aromatic heterocycles. The van der Waals surface area contributed by atoms with E-state index in [-0.39, 0.29) is 24.9 Å². The zero-order chi connectivity index (χ0) is 56.4. The minimum Gasteiger partial charge on any atom is -0.756 e. The summed E-state index contributed by atoms with van der Waals surface area (Å²) in [5, 5.41) is 3.03. The number of nitrogens with zero attached hydrogens (tertiary/aromatic N) is 1. The highest BCUT2D eigenvalue weighted by Gasteiger charge is 2.27. The van der Waals surface area contributed by atoms with Gasteiger partial charge in [0, 0.05) is 12.8 Å². The second-order valence-corrected chi connectivity index (χ2v) is 25.1. The molecule has 0 spiro atoms. The van der Waals surface area contributed by atoms with Crippen LogP contribution in [0.3, 0.4) is 0 Å². The average Bonchev–Trinajstić information content (AvgIpc) is 3.39. The number of quaternary nitrogens is 1. The Morgan fingerprint density at radius 1 is 0.455 bits per heavy atom. The molecule has 0 saturated carbocycles. The molecule has 0 saturated heterocycles. The van der Waals surface area contributed by atoms with Crippen molar-refractivity contribution in [3.05, 3.63) is 48.6 Å². The fourth-order valence-corrected chi connectivity index (χ4v) is 10.3. The third kappa shape index (κ3) is 58.4. The number of unbranched alkanes of at least 4 members (excludes halogenated alkanes) is 39. The van der Waals surface area contributed by atoms with Crippen LogP contribution >= 0.6 is 7.82 Å². The van der Waals surface area contributed by atoms with E-state index in [0.29, 0.717) is 17.4 Å². The Morgan fingerprint density at radius 3 is 1.21 bits per heavy atom. The van der Waals surface area contributed by atoms with Gasteiger partial charge in [0.05, 0.1) is 33.8 Å². The van der Waals surface area contributed by atoms with Gasteiger partial charge >= 0.3 is 5.97 Å². The highest BCUT2D eigenvalue weighted by molar-refractivity contribution is 7.45. The van der Waals surface area contributed by atoms with Crippen LogP contribution in [0.25, 0.3) is 0 Å². The molecule has 0 rings (SSSR count). The molecule has 1 N–H and O–H groups in total. The van der Waals surface area contributed by atoms with Gasteiger partial charge in [0.25, 0.3) is 7.82 Å². The molecule has 77 heavy (non-hydrogen) atoms. The quantitative estimate of drug-likeness (QED) is 0.0161. The first-order valence-corrected chi connectivity index (χ1v) is 34.4. The van der Waals surface area contributed by atoms with Crippen molar-refractivity contribution in [2.75, 3.05) is 40.9 Å². The van der Waals surface area contributed by atoms with Crippen LogP contribution in [0.1, 0.15) is 316 Å². The number of nitrogens with one attached hydrogen (secondary N) is 1. The summed E-state index contributed by atoms with van der Waals surface area (Å²) < 4.78 is 30.4. The largest absolute Gasteiger partial charge is 0.756 e. The molecular formula is C67H127N2O7P. The summed E-state index contributed by atoms with van der Waals surface area (Å²) >= 11 is 0. The normalized spacial score (nSPS) is 13.9. The standard InChI is InChI=1S/C67H127N2O7P/c1-7-10-13-16-19-22-25-28-30-31-32-33-34-35-36-37-39-42-45-48-51-54-57-60-67(71)76-65(58-55-52-49-46-43-40-27-24-21-18-15-12-9-3)64(63-75-77(72,73)74-62-61-69(4,5)6)68-66(70)59-56-53-50-47-44-41-38-29-26-23-20-17-14-11-8-2/h20,23,26,28-30,55,58,64-65H,7-19,21-22,24-25,27,31-54,56-57,59-63H2,1-6H3,(H-,68,70,72,73)/b23-20+,29-26+,30-28+,58-55-. The Balaban J connectivity index is 5.16. The smallest absolute Gasteiger partial charge is 0.306 e. The maximum Gasteiger partial charge on any atom is 0.306 e. The van der Waals surface area contributed by atoms with Gasteiger partial charge in [-0.05, 0) is 83.1 Å². The molecule has 0 radical (unpaired) electrons. The molecule has 0 aliphatic heterocycles. The first-order valence-electron chi connectivity index (χ1n) is 33.0. The fraction of sp³-hybridized carbons (Fsp3) is 0.851. The Labute approximate surface area is 478 Å². The first-order chi connectivity index (χ1) is 37.4. The number of esters is 1. The zero-order valence-corrected chi connectivity index (χ0v) is 52.6. The Hall–Kier alpha value is -2.03. The topological polar surface area (TPSA) is 114 Å². The van der Waals surface area contributed by atoms with Gasteiger partial charge in [-0.2, -0.15) is 0 Å². The van der Waals surface area contributed by atoms with Gasteiger partial charge in [0.15, 0.2) is 0 Å². The van der Waals surface area contributed by atoms with E-state index in [4.69, 9.17) is 13.8 Å². The summed E-state index contributed by atoms with van der Waals surface area (Å²) in [7, 11) is 1.18. The van der Waals surface area contributed by atoms with Crippen molar-refractivity contribution in [3.8, 4) is 0 Å². The third-order valence-electron chi connectivity index (χ3n) is 14.8. The lowest BCUT2D eigenvalue weighted by molar-refractivity contribution is -0.870. The van der Waals surface area contributed by atoms with Crippen LogP contribution in [0.5, 0.6) is 0 Å². The average molecular weight is 1100 g/mol. The van der Waals surface area contributed by atoms with E-state index in [2.05, 4.69) is 62.5 Å². The number of rotatable bonds is 60. The van der Waals surface area contributed by atoms with Crippen LogP contribution in [-0.4, -0.2) is 69.4 Å². The number of likely N-dealkylation sites (N-methyl/N-ethyl adjacent to an activating group) is 1. The van der Waals surface area contributed by atoms with E-state index >= 15 is 0 Å². The number of hydrogen-bond donors (Lipinski definition) is 1. The van der Waals surface area contributed by atoms with Crippen LogP contribution in [0.4, 0.5) is 0 Å². The number of carbonyl (C=O) groups is 2. The molecule has 3 unspecified atom stereocenters. The maximum atomic E-state index is 13.5. The van der Waals surface area contributed by atoms with Gasteiger partial charge in [-0.15, -0.1) is 0 Å². The lowest BCUT2D eigenvalue weighted by Crippen LogP contribution is -2.47. The number of allylic oxidation sites excluding steroid dienone is 7. The predicted molar refractivity (Wildman–Crippen MR) is 330 cm³/mol. The minimum absolute atomic E-state index is 0.0240. The molecule has 10 heteroatoms. The van der Waals surface area contributed by atoms with Crippen LogP contribution in [0, 0.1) is 0 Å². The van der Waals surface area contributed by atoms with E-state index in [0.717, 1.165) is 83.5 Å². The molecule has 0 aliphatic carbocycles. The molecule has 452 valence electrons. The van der Waals surface area contributed by atoms with E-state index < -0.39 is 26.6 Å². The van der Waals surface area contributed by atoms with Gasteiger partial charge < -0.3 is 28.5 Å². The van der Waals surface area contributed by atoms with E-state index in [9.17, 15) is 19.0 Å². The van der Waals surface area contributed by atoms with Gasteiger partial charge in [-0.1, -0.05) is 269 Å². The van der Waals surface area contributed by atoms with Gasteiger partial charge in [-0.25, -0.2) is 0 Å². The lowest BCUT2D eigenvalue weighted by atomic mass is 10.0. The van der Waals surface area contributed by atoms with Crippen molar-refractivity contribution in [1.29, 1.82) is 0 Å². The second-order valence-electron chi connectivity index (χ2n) is 23.6. The summed E-state index contributed by atoms with van der Waals surface area (Å²) in [5.74, 6) is -0.543. The number of carbonyl (C=O) groups excluding carboxylic acids is 2. The first kappa shape index (κ1) is 75.0. The van der Waals surface area contributed by atoms with Crippen LogP contribution < -0.4 is 10.2 Å². The Kier molecular flexibility index (Phi) is 55.7. The molecular weight excluding hydrogens is 976 g/mol. The van der Waals surface area contributed by atoms with E-state index in [1.54, 1.807) is 0 Å². The van der Waals surface area contributed by atoms with Crippen molar-refractivity contribution < 1.29 is 37.3 Å². The number of phosphoric ester groups is 1. The number of hydrogen-bond acceptors (Lipinski definition) is 7. The molecule has 0 aromatic rings. The molecule has 1 amide bonds. The monoisotopic (exact) mass is 1100 g/mol. The molecule has 0 fully saturated rings. The van der Waals surface area contributed by atoms with Crippen molar-refractivity contribution in [3.63, 3.8) is 0 Å². The van der Waals surface area contributed by atoms with Crippen molar-refractivity contribution >= 4 is 19.7 Å². The highest BCUT2D eigenvalue weighted by atomic mass is 31.2. The Morgan fingerprint density at radius 2 is 0.792 bits per heavy atom. The summed E-state index contributed by atoms with van der Waals surface area (Å²) in [5.41, 5.74) is 0. The predicted octanol–water partition coefficient (Wildman–Crippen LogP) is 19.8. The van der Waals surface area contributed by atoms with Gasteiger partial charge in [-0.3, -0.25) is 14.2 Å². The second kappa shape index (κ2) is 57.2. The Bertz CT molecular complexity index is 1460. The summed E-state index contributed by atoms with van der Waals surface area (Å²) in [6.45, 7) is 6.83. The van der Waals surface area contributed by atoms with Crippen LogP contribution in [-0.2, 0) is 27.9 Å². The molecule has 0 aliphatic rings. The molecule has 0 bridgehead atoms. The maximum absolute atomic E-state index is 13.5. The number of phosphoric acid groups is 1. The van der Waals surface area contributed by atoms with E-state index in [1.165, 1.54) is 199 Å². The lowest BCUT2D eigenvalue weighted by Gasteiger charge is -2.30. The zero-order valence-electron chi connectivity index (χ0n) is 51.7. The van der Waals surface area contributed by atoms with Gasteiger partial charge in [0.2, 0.25) is 5.91 Å². The minimum atomic E-state index is -4.70. The van der Waals surface area contributed by atoms with Gasteiger partial charge in [0.1, 0.15) is 19.3 Å². The van der Waals surface area contributed by atoms with Crippen LogP contribution in [0.15, 0.2) is 48.6 Å². The van der Waals surface area contributed by atoms with E-state index in [1.807, 2.05) is 33.3 Å². The summed E-state index contributed by atoms with van der Waals surface area (Å²) in [6.07, 6.45) is 70.8. The SMILES string of the molecule is CCCCC/C=C/C=C/CCCCCCCCC(=O)NC(COP(=O)([O-])OCC[N+](C)(C)C)C(/C=C\CCCCCCCCCCCCC)OC(=O)CCCCCCCCCCCCCCC/C=C/CCCCCCCC. The fourth-order valence-electron chi connectivity index (χ4n) is 9.63. The summed E-state index contributed by atoms with van der Waals surface area (Å²) in [6, 6.07) is -0.893. The van der Waals surface area contributed by atoms with Crippen molar-refractivity contribution in [2.45, 2.75) is 328 Å². The molecule has 9 nitrogen and oxygen atoms in total. The highest BCUT2D eigenvalue weighted by Crippen LogP contribution is 2.38.